The van der Waals surface area contributed by atoms with E-state index in [9.17, 15) is 0 Å². The highest BCUT2D eigenvalue weighted by atomic mass is 14.8. The maximum atomic E-state index is 3.89. The Bertz CT molecular complexity index is 2060. The molecule has 8 bridgehead atoms. The van der Waals surface area contributed by atoms with Gasteiger partial charge in [0, 0.05) is 55.3 Å². The Labute approximate surface area is 245 Å². The number of aryl methyl sites for hydroxylation is 6. The summed E-state index contributed by atoms with van der Waals surface area (Å²) in [5, 5.41) is 4.28. The van der Waals surface area contributed by atoms with Crippen molar-refractivity contribution in [1.29, 1.82) is 0 Å². The number of benzene rings is 2. The van der Waals surface area contributed by atoms with Gasteiger partial charge in [0.2, 0.25) is 0 Å². The lowest BCUT2D eigenvalue weighted by Crippen LogP contribution is -2.19. The number of nitrogens with one attached hydrogen (secondary N) is 4. The molecule has 4 heteroatoms. The highest BCUT2D eigenvalue weighted by molar-refractivity contribution is 5.83. The maximum absolute atomic E-state index is 3.89. The van der Waals surface area contributed by atoms with E-state index in [2.05, 4.69) is 146 Å². The molecule has 7 rings (SSSR count). The Kier molecular flexibility index (Phi) is 6.09. The van der Waals surface area contributed by atoms with E-state index in [1.807, 2.05) is 0 Å². The predicted octanol–water partition coefficient (Wildman–Crippen LogP) is 5.32. The largest absolute Gasteiger partial charge is 0.355 e. The van der Waals surface area contributed by atoms with Crippen LogP contribution in [0.3, 0.4) is 0 Å². The van der Waals surface area contributed by atoms with E-state index in [1.54, 1.807) is 0 Å². The zero-order valence-electron chi connectivity index (χ0n) is 25.1. The predicted molar refractivity (Wildman–Crippen MR) is 173 cm³/mol. The van der Waals surface area contributed by atoms with Crippen molar-refractivity contribution in [2.75, 3.05) is 0 Å². The number of hydrogen-bond acceptors (Lipinski definition) is 0. The van der Waals surface area contributed by atoms with Crippen LogP contribution in [0.15, 0.2) is 72.8 Å². The van der Waals surface area contributed by atoms with E-state index < -0.39 is 0 Å². The first kappa shape index (κ1) is 26.0. The first-order valence-electron chi connectivity index (χ1n) is 14.6. The van der Waals surface area contributed by atoms with E-state index in [4.69, 9.17) is 0 Å². The standard InChI is InChI=1S/C38H36N4/c1-21-15-23(3)35(24(4)16-21)37-31-11-9-29(40-31)19-27-7-8-28(39-27)20-30-10-12-32(41-30)38(34-14-13-33(37)42-34)36-25(5)17-22(2)18-26(36)6/h7-20,39-42H,1-6H3. The molecule has 0 fully saturated rings. The second-order valence-corrected chi connectivity index (χ2v) is 11.9. The summed E-state index contributed by atoms with van der Waals surface area (Å²) in [6, 6.07) is 26.6. The number of hydrogen-bond donors (Lipinski definition) is 4. The van der Waals surface area contributed by atoms with Gasteiger partial charge in [0.05, 0.1) is 0 Å². The van der Waals surface area contributed by atoms with E-state index in [0.717, 1.165) is 44.2 Å². The molecular formula is C38H36N4. The van der Waals surface area contributed by atoms with E-state index in [1.165, 1.54) is 55.7 Å². The monoisotopic (exact) mass is 548 g/mol. The Morgan fingerprint density at radius 3 is 1.21 bits per heavy atom. The van der Waals surface area contributed by atoms with Gasteiger partial charge >= 0.3 is 0 Å². The molecule has 0 atom stereocenters. The lowest BCUT2D eigenvalue weighted by Gasteiger charge is -2.15. The number of aromatic amines is 4. The third-order valence-corrected chi connectivity index (χ3v) is 8.39. The fourth-order valence-corrected chi connectivity index (χ4v) is 6.88. The molecule has 0 aliphatic carbocycles. The second kappa shape index (κ2) is 9.85. The summed E-state index contributed by atoms with van der Waals surface area (Å²) in [7, 11) is 0. The molecule has 1 aliphatic rings. The van der Waals surface area contributed by atoms with Crippen molar-refractivity contribution in [3.05, 3.63) is 161 Å². The van der Waals surface area contributed by atoms with Crippen LogP contribution in [0, 0.1) is 41.5 Å². The molecule has 1 aliphatic heterocycles. The molecule has 0 unspecified atom stereocenters. The van der Waals surface area contributed by atoms with Crippen molar-refractivity contribution in [2.45, 2.75) is 41.5 Å². The summed E-state index contributed by atoms with van der Waals surface area (Å²) in [5.41, 5.74) is 16.7. The molecule has 0 saturated heterocycles. The lowest BCUT2D eigenvalue weighted by atomic mass is 9.91. The van der Waals surface area contributed by atoms with Gasteiger partial charge in [0.25, 0.3) is 0 Å². The third kappa shape index (κ3) is 4.50. The smallest absolute Gasteiger partial charge is 0.0486 e. The van der Waals surface area contributed by atoms with Gasteiger partial charge in [0.1, 0.15) is 0 Å². The minimum absolute atomic E-state index is 1.05. The molecule has 208 valence electrons. The number of H-pyrrole nitrogens is 4. The number of aromatic nitrogens is 4. The van der Waals surface area contributed by atoms with Gasteiger partial charge in [-0.3, -0.25) is 0 Å². The quantitative estimate of drug-likeness (QED) is 0.226. The summed E-state index contributed by atoms with van der Waals surface area (Å²) in [5.74, 6) is 0. The van der Waals surface area contributed by atoms with Gasteiger partial charge in [0.15, 0.2) is 0 Å². The van der Waals surface area contributed by atoms with Crippen LogP contribution in [0.1, 0.15) is 67.3 Å². The molecule has 2 aromatic carbocycles. The fraction of sp³-hybridized carbons (Fsp3) is 0.158. The maximum Gasteiger partial charge on any atom is 0.0486 e. The second-order valence-electron chi connectivity index (χ2n) is 11.9. The normalized spacial score (nSPS) is 12.8. The first-order valence-corrected chi connectivity index (χ1v) is 14.6. The summed E-state index contributed by atoms with van der Waals surface area (Å²) in [6.45, 7) is 13.2. The molecule has 4 aromatic heterocycles. The van der Waals surface area contributed by atoms with Crippen LogP contribution in [0.2, 0.25) is 0 Å². The van der Waals surface area contributed by atoms with Crippen molar-refractivity contribution in [3.8, 4) is 0 Å². The number of fused-ring (bicyclic) bond motifs is 8. The third-order valence-electron chi connectivity index (χ3n) is 8.39. The average molecular weight is 549 g/mol. The van der Waals surface area contributed by atoms with Gasteiger partial charge in [-0.1, -0.05) is 35.4 Å². The molecule has 0 amide bonds. The highest BCUT2D eigenvalue weighted by Gasteiger charge is 2.18. The summed E-state index contributed by atoms with van der Waals surface area (Å²) < 4.78 is 0. The van der Waals surface area contributed by atoms with Crippen LogP contribution in [0.25, 0.3) is 23.3 Å². The van der Waals surface area contributed by atoms with Crippen molar-refractivity contribution in [2.24, 2.45) is 0 Å². The van der Waals surface area contributed by atoms with Crippen molar-refractivity contribution < 1.29 is 0 Å². The van der Waals surface area contributed by atoms with Gasteiger partial charge in [-0.2, -0.15) is 0 Å². The van der Waals surface area contributed by atoms with E-state index >= 15 is 0 Å². The summed E-state index contributed by atoms with van der Waals surface area (Å²) in [4.78, 5) is 14.9. The zero-order chi connectivity index (χ0) is 29.1. The van der Waals surface area contributed by atoms with E-state index in [-0.39, 0.29) is 0 Å². The Morgan fingerprint density at radius 1 is 0.405 bits per heavy atom. The van der Waals surface area contributed by atoms with Gasteiger partial charge in [-0.25, -0.2) is 0 Å². The van der Waals surface area contributed by atoms with Gasteiger partial charge < -0.3 is 19.9 Å². The fourth-order valence-electron chi connectivity index (χ4n) is 6.88. The van der Waals surface area contributed by atoms with Crippen LogP contribution < -0.4 is 21.4 Å². The molecule has 4 N–H and O–H groups in total. The van der Waals surface area contributed by atoms with Crippen molar-refractivity contribution in [3.63, 3.8) is 0 Å². The van der Waals surface area contributed by atoms with Gasteiger partial charge in [-0.05, 0) is 136 Å². The SMILES string of the molecule is Cc1cc(C)c(C2=c3ccc([nH]3)=C(c3c(C)cc(C)cc3C)c3ccc([nH]3)C=c3ccc([nH]3)=Cc3ccc2[nH]3)c(C)c1. The topological polar surface area (TPSA) is 63.2 Å². The molecule has 5 heterocycles. The molecule has 0 radical (unpaired) electrons. The molecule has 0 spiro atoms. The van der Waals surface area contributed by atoms with Crippen molar-refractivity contribution in [1.82, 2.24) is 19.9 Å². The van der Waals surface area contributed by atoms with Crippen LogP contribution in [0.5, 0.6) is 0 Å². The summed E-state index contributed by atoms with van der Waals surface area (Å²) in [6.07, 6.45) is 4.32. The minimum Gasteiger partial charge on any atom is -0.355 e. The molecule has 0 saturated carbocycles. The minimum atomic E-state index is 1.05. The Morgan fingerprint density at radius 2 is 0.810 bits per heavy atom. The first-order chi connectivity index (χ1) is 20.2. The molecular weight excluding hydrogens is 512 g/mol. The number of rotatable bonds is 2. The molecule has 42 heavy (non-hydrogen) atoms. The van der Waals surface area contributed by atoms with Crippen molar-refractivity contribution >= 4 is 23.3 Å². The zero-order valence-corrected chi connectivity index (χ0v) is 25.1. The van der Waals surface area contributed by atoms with Crippen LogP contribution in [-0.2, 0) is 0 Å². The summed E-state index contributed by atoms with van der Waals surface area (Å²) >= 11 is 0. The van der Waals surface area contributed by atoms with Crippen LogP contribution in [-0.4, -0.2) is 19.9 Å². The average Bonchev–Trinajstić information content (AvgIpc) is 3.72. The van der Waals surface area contributed by atoms with E-state index in [0.29, 0.717) is 0 Å². The lowest BCUT2D eigenvalue weighted by molar-refractivity contribution is 1.18. The van der Waals surface area contributed by atoms with Crippen LogP contribution in [0.4, 0.5) is 0 Å². The highest BCUT2D eigenvalue weighted by Crippen LogP contribution is 2.29. The van der Waals surface area contributed by atoms with Gasteiger partial charge in [-0.15, -0.1) is 0 Å². The molecule has 6 aromatic rings. The Balaban J connectivity index is 1.65. The Hall–Kier alpha value is -4.96. The van der Waals surface area contributed by atoms with Crippen LogP contribution >= 0.6 is 0 Å². The molecule has 4 nitrogen and oxygen atoms in total.